The van der Waals surface area contributed by atoms with Crippen molar-refractivity contribution in [1.82, 2.24) is 9.88 Å². The van der Waals surface area contributed by atoms with Gasteiger partial charge in [-0.1, -0.05) is 25.1 Å². The number of benzene rings is 1. The van der Waals surface area contributed by atoms with Gasteiger partial charge in [0, 0.05) is 30.2 Å². The van der Waals surface area contributed by atoms with Gasteiger partial charge in [-0.2, -0.15) is 0 Å². The van der Waals surface area contributed by atoms with Crippen LogP contribution >= 0.6 is 0 Å². The maximum Gasteiger partial charge on any atom is 0.0456 e. The standard InChI is InChI=1S/C16H25N3/c1-13(7-9-17)12-19(2)10-8-14-11-18-16-6-4-3-5-15(14)16/h3-6,11,13,18H,7-10,12,17H2,1-2H3. The fourth-order valence-electron chi connectivity index (χ4n) is 2.65. The van der Waals surface area contributed by atoms with Crippen molar-refractivity contribution >= 4 is 10.9 Å². The first-order valence-electron chi connectivity index (χ1n) is 7.14. The van der Waals surface area contributed by atoms with E-state index in [1.807, 2.05) is 0 Å². The maximum atomic E-state index is 5.60. The summed E-state index contributed by atoms with van der Waals surface area (Å²) in [5.74, 6) is 0.679. The molecular formula is C16H25N3. The summed E-state index contributed by atoms with van der Waals surface area (Å²) in [6.45, 7) is 5.28. The van der Waals surface area contributed by atoms with Crippen molar-refractivity contribution in [1.29, 1.82) is 0 Å². The molecule has 1 heterocycles. The van der Waals surface area contributed by atoms with Crippen molar-refractivity contribution in [2.24, 2.45) is 11.7 Å². The maximum absolute atomic E-state index is 5.60. The molecule has 0 aliphatic rings. The third kappa shape index (κ3) is 3.82. The van der Waals surface area contributed by atoms with Gasteiger partial charge in [0.1, 0.15) is 0 Å². The van der Waals surface area contributed by atoms with E-state index in [2.05, 4.69) is 54.3 Å². The molecule has 0 bridgehead atoms. The smallest absolute Gasteiger partial charge is 0.0456 e. The minimum Gasteiger partial charge on any atom is -0.361 e. The Bertz CT molecular complexity index is 503. The highest BCUT2D eigenvalue weighted by Gasteiger charge is 2.07. The Hall–Kier alpha value is -1.32. The van der Waals surface area contributed by atoms with Gasteiger partial charge < -0.3 is 15.6 Å². The Kier molecular flexibility index (Phi) is 5.00. The number of aromatic nitrogens is 1. The molecule has 0 aliphatic heterocycles. The van der Waals surface area contributed by atoms with Crippen molar-refractivity contribution < 1.29 is 0 Å². The molecule has 2 aromatic rings. The Morgan fingerprint density at radius 3 is 2.89 bits per heavy atom. The molecule has 1 unspecified atom stereocenters. The molecule has 3 heteroatoms. The normalized spacial score (nSPS) is 13.3. The van der Waals surface area contributed by atoms with Gasteiger partial charge in [0.15, 0.2) is 0 Å². The first kappa shape index (κ1) is 14.1. The van der Waals surface area contributed by atoms with E-state index in [1.54, 1.807) is 0 Å². The molecule has 0 saturated heterocycles. The Morgan fingerprint density at radius 1 is 1.32 bits per heavy atom. The first-order chi connectivity index (χ1) is 9.20. The van der Waals surface area contributed by atoms with Crippen LogP contribution in [-0.4, -0.2) is 36.6 Å². The highest BCUT2D eigenvalue weighted by Crippen LogP contribution is 2.18. The summed E-state index contributed by atoms with van der Waals surface area (Å²) >= 11 is 0. The van der Waals surface area contributed by atoms with Crippen molar-refractivity contribution in [3.63, 3.8) is 0 Å². The molecule has 3 nitrogen and oxygen atoms in total. The van der Waals surface area contributed by atoms with Gasteiger partial charge in [-0.3, -0.25) is 0 Å². The van der Waals surface area contributed by atoms with E-state index in [-0.39, 0.29) is 0 Å². The van der Waals surface area contributed by atoms with Crippen LogP contribution in [-0.2, 0) is 6.42 Å². The predicted octanol–water partition coefficient (Wildman–Crippen LogP) is 2.63. The fourth-order valence-corrected chi connectivity index (χ4v) is 2.65. The summed E-state index contributed by atoms with van der Waals surface area (Å²) < 4.78 is 0. The molecule has 104 valence electrons. The summed E-state index contributed by atoms with van der Waals surface area (Å²) in [6.07, 6.45) is 4.34. The third-order valence-electron chi connectivity index (χ3n) is 3.72. The van der Waals surface area contributed by atoms with Crippen molar-refractivity contribution in [3.05, 3.63) is 36.0 Å². The molecule has 19 heavy (non-hydrogen) atoms. The number of likely N-dealkylation sites (N-methyl/N-ethyl adjacent to an activating group) is 1. The topological polar surface area (TPSA) is 45.0 Å². The number of aromatic amines is 1. The molecule has 3 N–H and O–H groups in total. The number of hydrogen-bond donors (Lipinski definition) is 2. The predicted molar refractivity (Wildman–Crippen MR) is 82.3 cm³/mol. The highest BCUT2D eigenvalue weighted by molar-refractivity contribution is 5.83. The monoisotopic (exact) mass is 259 g/mol. The Labute approximate surface area is 115 Å². The van der Waals surface area contributed by atoms with E-state index in [0.717, 1.165) is 32.5 Å². The van der Waals surface area contributed by atoms with Crippen LogP contribution in [0, 0.1) is 5.92 Å². The fraction of sp³-hybridized carbons (Fsp3) is 0.500. The number of nitrogens with one attached hydrogen (secondary N) is 1. The second-order valence-electron chi connectivity index (χ2n) is 5.55. The molecule has 0 spiro atoms. The van der Waals surface area contributed by atoms with Crippen LogP contribution in [0.5, 0.6) is 0 Å². The zero-order valence-corrected chi connectivity index (χ0v) is 12.0. The lowest BCUT2D eigenvalue weighted by Crippen LogP contribution is -2.27. The van der Waals surface area contributed by atoms with E-state index >= 15 is 0 Å². The van der Waals surface area contributed by atoms with E-state index in [4.69, 9.17) is 5.73 Å². The molecule has 0 radical (unpaired) electrons. The number of nitrogens with two attached hydrogens (primary N) is 1. The van der Waals surface area contributed by atoms with E-state index in [9.17, 15) is 0 Å². The van der Waals surface area contributed by atoms with Crippen LogP contribution < -0.4 is 5.73 Å². The van der Waals surface area contributed by atoms with Crippen molar-refractivity contribution in [2.45, 2.75) is 19.8 Å². The van der Waals surface area contributed by atoms with Crippen LogP contribution in [0.15, 0.2) is 30.5 Å². The van der Waals surface area contributed by atoms with Gasteiger partial charge in [0.25, 0.3) is 0 Å². The largest absolute Gasteiger partial charge is 0.361 e. The number of H-pyrrole nitrogens is 1. The number of rotatable bonds is 7. The summed E-state index contributed by atoms with van der Waals surface area (Å²) in [6, 6.07) is 8.50. The van der Waals surface area contributed by atoms with Gasteiger partial charge >= 0.3 is 0 Å². The average Bonchev–Trinajstić information content (AvgIpc) is 2.80. The molecule has 1 aromatic heterocycles. The average molecular weight is 259 g/mol. The third-order valence-corrected chi connectivity index (χ3v) is 3.72. The van der Waals surface area contributed by atoms with Crippen LogP contribution in [0.25, 0.3) is 10.9 Å². The van der Waals surface area contributed by atoms with Crippen LogP contribution in [0.4, 0.5) is 0 Å². The van der Waals surface area contributed by atoms with E-state index in [0.29, 0.717) is 5.92 Å². The number of nitrogens with zero attached hydrogens (tertiary/aromatic N) is 1. The lowest BCUT2D eigenvalue weighted by atomic mass is 10.1. The molecule has 2 rings (SSSR count). The van der Waals surface area contributed by atoms with Crippen LogP contribution in [0.1, 0.15) is 18.9 Å². The lowest BCUT2D eigenvalue weighted by molar-refractivity contribution is 0.283. The van der Waals surface area contributed by atoms with Crippen LogP contribution in [0.3, 0.4) is 0 Å². The second kappa shape index (κ2) is 6.73. The minimum atomic E-state index is 0.679. The summed E-state index contributed by atoms with van der Waals surface area (Å²) in [5.41, 5.74) is 8.24. The molecule has 1 atom stereocenters. The number of para-hydroxylation sites is 1. The number of hydrogen-bond acceptors (Lipinski definition) is 2. The first-order valence-corrected chi connectivity index (χ1v) is 7.14. The quantitative estimate of drug-likeness (QED) is 0.803. The minimum absolute atomic E-state index is 0.679. The molecule has 1 aromatic carbocycles. The zero-order valence-electron chi connectivity index (χ0n) is 12.0. The van der Waals surface area contributed by atoms with Crippen molar-refractivity contribution in [3.8, 4) is 0 Å². The van der Waals surface area contributed by atoms with Gasteiger partial charge in [-0.15, -0.1) is 0 Å². The van der Waals surface area contributed by atoms with E-state index < -0.39 is 0 Å². The molecule has 0 amide bonds. The molecule has 0 fully saturated rings. The summed E-state index contributed by atoms with van der Waals surface area (Å²) in [4.78, 5) is 5.74. The molecule has 0 saturated carbocycles. The second-order valence-corrected chi connectivity index (χ2v) is 5.55. The van der Waals surface area contributed by atoms with Gasteiger partial charge in [0.05, 0.1) is 0 Å². The van der Waals surface area contributed by atoms with E-state index in [1.165, 1.54) is 16.5 Å². The Morgan fingerprint density at radius 2 is 2.11 bits per heavy atom. The van der Waals surface area contributed by atoms with Gasteiger partial charge in [-0.25, -0.2) is 0 Å². The van der Waals surface area contributed by atoms with Gasteiger partial charge in [-0.05, 0) is 44.0 Å². The van der Waals surface area contributed by atoms with Gasteiger partial charge in [0.2, 0.25) is 0 Å². The highest BCUT2D eigenvalue weighted by atomic mass is 15.1. The Balaban J connectivity index is 1.88. The lowest BCUT2D eigenvalue weighted by Gasteiger charge is -2.20. The zero-order chi connectivity index (χ0) is 13.7. The SMILES string of the molecule is CC(CCN)CN(C)CCc1c[nH]c2ccccc12. The van der Waals surface area contributed by atoms with Crippen molar-refractivity contribution in [2.75, 3.05) is 26.7 Å². The molecular weight excluding hydrogens is 234 g/mol. The number of fused-ring (bicyclic) bond motifs is 1. The summed E-state index contributed by atoms with van der Waals surface area (Å²) in [7, 11) is 2.20. The summed E-state index contributed by atoms with van der Waals surface area (Å²) in [5, 5.41) is 1.35. The van der Waals surface area contributed by atoms with Crippen LogP contribution in [0.2, 0.25) is 0 Å². The molecule has 0 aliphatic carbocycles.